The number of halogens is 3. The summed E-state index contributed by atoms with van der Waals surface area (Å²) in [5.74, 6) is -1.30. The average Bonchev–Trinajstić information content (AvgIpc) is 2.69. The topological polar surface area (TPSA) is 62.0 Å². The van der Waals surface area contributed by atoms with Gasteiger partial charge in [-0.2, -0.15) is 0 Å². The molecule has 4 rings (SSSR count). The van der Waals surface area contributed by atoms with Crippen LogP contribution in [0.1, 0.15) is 0 Å². The zero-order chi connectivity index (χ0) is 20.6. The highest BCUT2D eigenvalue weighted by molar-refractivity contribution is 7.71. The van der Waals surface area contributed by atoms with Crippen molar-refractivity contribution in [1.82, 2.24) is 14.7 Å². The Morgan fingerprint density at radius 3 is 2.59 bits per heavy atom. The molecule has 0 atom stereocenters. The molecular weight excluding hydrogens is 405 g/mol. The molecule has 0 spiro atoms. The Hall–Kier alpha value is -2.85. The van der Waals surface area contributed by atoms with Crippen LogP contribution >= 0.6 is 12.2 Å². The molecule has 0 radical (unpaired) electrons. The van der Waals surface area contributed by atoms with E-state index in [0.717, 1.165) is 44.0 Å². The van der Waals surface area contributed by atoms with Crippen molar-refractivity contribution in [2.75, 3.05) is 31.1 Å². The molecule has 152 valence electrons. The van der Waals surface area contributed by atoms with E-state index in [9.17, 15) is 18.3 Å². The number of pyridine rings is 1. The molecule has 0 unspecified atom stereocenters. The van der Waals surface area contributed by atoms with Crippen LogP contribution in [0.5, 0.6) is 11.5 Å². The van der Waals surface area contributed by atoms with Gasteiger partial charge in [-0.1, -0.05) is 12.2 Å². The van der Waals surface area contributed by atoms with Crippen molar-refractivity contribution in [1.29, 1.82) is 0 Å². The van der Waals surface area contributed by atoms with Crippen LogP contribution in [0.4, 0.5) is 18.9 Å². The molecule has 2 N–H and O–H groups in total. The van der Waals surface area contributed by atoms with Crippen LogP contribution in [0.3, 0.4) is 0 Å². The molecule has 6 nitrogen and oxygen atoms in total. The first-order valence-electron chi connectivity index (χ1n) is 8.88. The molecule has 1 aliphatic heterocycles. The smallest absolute Gasteiger partial charge is 0.504 e. The number of benzene rings is 1. The summed E-state index contributed by atoms with van der Waals surface area (Å²) in [4.78, 5) is 6.75. The minimum absolute atomic E-state index is 0.349. The predicted molar refractivity (Wildman–Crippen MR) is 105 cm³/mol. The van der Waals surface area contributed by atoms with E-state index in [1.807, 2.05) is 18.3 Å². The number of ether oxygens (including phenoxy) is 1. The van der Waals surface area contributed by atoms with Crippen LogP contribution in [0.15, 0.2) is 42.6 Å². The fraction of sp³-hybridized carbons (Fsp3) is 0.263. The van der Waals surface area contributed by atoms with Gasteiger partial charge in [0.2, 0.25) is 0 Å². The van der Waals surface area contributed by atoms with Crippen molar-refractivity contribution in [2.24, 2.45) is 0 Å². The molecule has 10 heteroatoms. The molecule has 1 saturated heterocycles. The van der Waals surface area contributed by atoms with Gasteiger partial charge in [0, 0.05) is 37.9 Å². The normalized spacial score (nSPS) is 14.9. The first-order chi connectivity index (χ1) is 13.8. The van der Waals surface area contributed by atoms with E-state index in [1.165, 1.54) is 6.07 Å². The molecule has 3 aromatic rings. The van der Waals surface area contributed by atoms with Crippen molar-refractivity contribution in [3.05, 3.63) is 47.2 Å². The van der Waals surface area contributed by atoms with Crippen LogP contribution in [0, 0.1) is 4.64 Å². The third-order valence-corrected chi connectivity index (χ3v) is 4.92. The summed E-state index contributed by atoms with van der Waals surface area (Å²) in [6.45, 7) is 3.59. The maximum Gasteiger partial charge on any atom is 0.573 e. The van der Waals surface area contributed by atoms with E-state index < -0.39 is 17.9 Å². The number of piperazine rings is 1. The van der Waals surface area contributed by atoms with Gasteiger partial charge >= 0.3 is 6.36 Å². The van der Waals surface area contributed by atoms with Gasteiger partial charge < -0.3 is 20.1 Å². The molecular formula is C19H17F3N4O2S. The third-order valence-electron chi connectivity index (χ3n) is 4.61. The molecule has 0 aliphatic carbocycles. The first kappa shape index (κ1) is 19.5. The van der Waals surface area contributed by atoms with Crippen LogP contribution in [-0.2, 0) is 0 Å². The number of alkyl halides is 3. The molecule has 2 aromatic heterocycles. The molecule has 1 aromatic carbocycles. The highest BCUT2D eigenvalue weighted by Crippen LogP contribution is 2.35. The van der Waals surface area contributed by atoms with Crippen LogP contribution < -0.4 is 15.0 Å². The number of phenolic OH excluding ortho intramolecular Hbond substituents is 1. The van der Waals surface area contributed by atoms with E-state index in [0.29, 0.717) is 21.5 Å². The lowest BCUT2D eigenvalue weighted by Crippen LogP contribution is -2.43. The van der Waals surface area contributed by atoms with Gasteiger partial charge in [-0.15, -0.1) is 13.2 Å². The highest BCUT2D eigenvalue weighted by Gasteiger charge is 2.32. The quantitative estimate of drug-likeness (QED) is 0.627. The fourth-order valence-electron chi connectivity index (χ4n) is 3.23. The van der Waals surface area contributed by atoms with Crippen molar-refractivity contribution < 1.29 is 23.0 Å². The number of phenols is 1. The van der Waals surface area contributed by atoms with Gasteiger partial charge in [-0.25, -0.2) is 4.98 Å². The van der Waals surface area contributed by atoms with E-state index >= 15 is 0 Å². The van der Waals surface area contributed by atoms with Crippen molar-refractivity contribution >= 4 is 23.6 Å². The number of aromatic hydroxyl groups is 1. The van der Waals surface area contributed by atoms with Gasteiger partial charge in [0.1, 0.15) is 10.3 Å². The Morgan fingerprint density at radius 2 is 1.86 bits per heavy atom. The largest absolute Gasteiger partial charge is 0.573 e. The van der Waals surface area contributed by atoms with E-state index in [1.54, 1.807) is 10.5 Å². The van der Waals surface area contributed by atoms with Crippen molar-refractivity contribution in [2.45, 2.75) is 6.36 Å². The number of anilines is 1. The maximum atomic E-state index is 12.5. The van der Waals surface area contributed by atoms with Gasteiger partial charge in [-0.05, 0) is 36.4 Å². The lowest BCUT2D eigenvalue weighted by molar-refractivity contribution is -0.275. The minimum atomic E-state index is -4.91. The second-order valence-corrected chi connectivity index (χ2v) is 6.98. The number of nitrogens with zero attached hydrogens (tertiary/aromatic N) is 3. The summed E-state index contributed by atoms with van der Waals surface area (Å²) in [6, 6.07) is 9.05. The summed E-state index contributed by atoms with van der Waals surface area (Å²) < 4.78 is 43.7. The second kappa shape index (κ2) is 7.53. The number of rotatable bonds is 3. The molecule has 0 amide bonds. The van der Waals surface area contributed by atoms with Crippen LogP contribution in [0.25, 0.3) is 16.9 Å². The van der Waals surface area contributed by atoms with Gasteiger partial charge in [-0.3, -0.25) is 4.40 Å². The van der Waals surface area contributed by atoms with Crippen LogP contribution in [-0.4, -0.2) is 47.0 Å². The van der Waals surface area contributed by atoms with Gasteiger partial charge in [0.25, 0.3) is 0 Å². The minimum Gasteiger partial charge on any atom is -0.504 e. The predicted octanol–water partition coefficient (Wildman–Crippen LogP) is 3.74. The Morgan fingerprint density at radius 1 is 1.10 bits per heavy atom. The summed E-state index contributed by atoms with van der Waals surface area (Å²) in [5.41, 5.74) is 2.33. The summed E-state index contributed by atoms with van der Waals surface area (Å²) in [5, 5.41) is 12.9. The summed E-state index contributed by atoms with van der Waals surface area (Å²) in [6.07, 6.45) is -3.00. The number of fused-ring (bicyclic) bond motifs is 1. The third kappa shape index (κ3) is 4.28. The summed E-state index contributed by atoms with van der Waals surface area (Å²) in [7, 11) is 0. The van der Waals surface area contributed by atoms with Crippen LogP contribution in [0.2, 0.25) is 0 Å². The number of hydrogen-bond acceptors (Lipinski definition) is 6. The average molecular weight is 422 g/mol. The molecule has 0 bridgehead atoms. The Balaban J connectivity index is 1.72. The lowest BCUT2D eigenvalue weighted by atomic mass is 10.1. The highest BCUT2D eigenvalue weighted by atomic mass is 32.1. The zero-order valence-corrected chi connectivity index (χ0v) is 15.9. The van der Waals surface area contributed by atoms with Crippen molar-refractivity contribution in [3.8, 4) is 22.8 Å². The number of nitrogens with one attached hydrogen (secondary N) is 1. The number of hydrogen-bond donors (Lipinski definition) is 2. The lowest BCUT2D eigenvalue weighted by Gasteiger charge is -2.29. The molecule has 0 saturated carbocycles. The Labute approximate surface area is 169 Å². The first-order valence-corrected chi connectivity index (χ1v) is 9.29. The Kier molecular flexibility index (Phi) is 5.05. The fourth-order valence-corrected chi connectivity index (χ4v) is 3.49. The molecule has 1 fully saturated rings. The maximum absolute atomic E-state index is 12.5. The standard InChI is InChI=1S/C19H17F3N4O2S/c20-19(21,22)28-16-9-12(1-3-15(16)27)14-10-18(29)26-11-13(2-4-17(26)24-14)25-7-5-23-6-8-25/h1-4,9-11,23,27H,5-8H2. The molecule has 29 heavy (non-hydrogen) atoms. The molecule has 3 heterocycles. The van der Waals surface area contributed by atoms with E-state index in [2.05, 4.69) is 19.9 Å². The second-order valence-electron chi connectivity index (χ2n) is 6.56. The van der Waals surface area contributed by atoms with Gasteiger partial charge in [0.15, 0.2) is 11.5 Å². The monoisotopic (exact) mass is 422 g/mol. The zero-order valence-electron chi connectivity index (χ0n) is 15.1. The molecule has 1 aliphatic rings. The number of aromatic nitrogens is 2. The van der Waals surface area contributed by atoms with Gasteiger partial charge in [0.05, 0.1) is 11.4 Å². The Bertz CT molecular complexity index is 1110. The van der Waals surface area contributed by atoms with E-state index in [-0.39, 0.29) is 0 Å². The SMILES string of the molecule is Oc1ccc(-c2cc(=S)n3cc(N4CCNCC4)ccc3n2)cc1OC(F)(F)F. The van der Waals surface area contributed by atoms with Crippen molar-refractivity contribution in [3.63, 3.8) is 0 Å². The van der Waals surface area contributed by atoms with E-state index in [4.69, 9.17) is 12.2 Å². The summed E-state index contributed by atoms with van der Waals surface area (Å²) >= 11 is 5.48.